The summed E-state index contributed by atoms with van der Waals surface area (Å²) in [4.78, 5) is 17.7. The summed E-state index contributed by atoms with van der Waals surface area (Å²) in [7, 11) is 1.54. The molecule has 1 aromatic heterocycles. The van der Waals surface area contributed by atoms with E-state index in [1.165, 1.54) is 0 Å². The van der Waals surface area contributed by atoms with Crippen molar-refractivity contribution in [3.8, 4) is 5.88 Å². The van der Waals surface area contributed by atoms with E-state index in [4.69, 9.17) is 4.74 Å². The van der Waals surface area contributed by atoms with E-state index in [-0.39, 0.29) is 5.91 Å². The number of aromatic nitrogens is 1. The summed E-state index contributed by atoms with van der Waals surface area (Å²) < 4.78 is 4.98. The van der Waals surface area contributed by atoms with Crippen molar-refractivity contribution in [3.05, 3.63) is 23.9 Å². The molecule has 1 aliphatic heterocycles. The van der Waals surface area contributed by atoms with Crippen LogP contribution in [-0.2, 0) is 0 Å². The summed E-state index contributed by atoms with van der Waals surface area (Å²) in [5, 5.41) is 0. The van der Waals surface area contributed by atoms with Crippen molar-refractivity contribution in [2.75, 3.05) is 25.3 Å². The summed E-state index contributed by atoms with van der Waals surface area (Å²) in [6.45, 7) is 0.828. The number of rotatable bonds is 2. The maximum absolute atomic E-state index is 11.9. The van der Waals surface area contributed by atoms with Crippen LogP contribution in [0.4, 0.5) is 0 Å². The Labute approximate surface area is 92.6 Å². The predicted molar refractivity (Wildman–Crippen MR) is 59.2 cm³/mol. The Hall–Kier alpha value is -1.23. The van der Waals surface area contributed by atoms with Crippen LogP contribution in [0.5, 0.6) is 5.88 Å². The molecule has 80 valence electrons. The van der Waals surface area contributed by atoms with Crippen LogP contribution in [0.2, 0.25) is 0 Å². The molecule has 2 heterocycles. The number of methoxy groups -OCH3 is 1. The largest absolute Gasteiger partial charge is 0.481 e. The molecule has 1 fully saturated rings. The molecule has 0 N–H and O–H groups in total. The lowest BCUT2D eigenvalue weighted by Gasteiger charge is -2.14. The smallest absolute Gasteiger partial charge is 0.254 e. The van der Waals surface area contributed by atoms with E-state index in [9.17, 15) is 4.79 Å². The Balaban J connectivity index is 2.17. The third-order valence-corrected chi connectivity index (χ3v) is 3.20. The summed E-state index contributed by atoms with van der Waals surface area (Å²) in [6, 6.07) is 3.39. The molecule has 0 aliphatic carbocycles. The average molecular weight is 224 g/mol. The van der Waals surface area contributed by atoms with Crippen LogP contribution in [0.1, 0.15) is 10.4 Å². The first-order valence-electron chi connectivity index (χ1n) is 4.68. The van der Waals surface area contributed by atoms with Crippen molar-refractivity contribution in [1.29, 1.82) is 0 Å². The van der Waals surface area contributed by atoms with Crippen molar-refractivity contribution in [1.82, 2.24) is 9.88 Å². The SMILES string of the molecule is COc1cc(C(=O)N2CCSC2)ccn1. The molecule has 0 bridgehead atoms. The number of thioether (sulfide) groups is 1. The molecule has 0 spiro atoms. The molecule has 0 aromatic carbocycles. The monoisotopic (exact) mass is 224 g/mol. The van der Waals surface area contributed by atoms with Crippen molar-refractivity contribution >= 4 is 17.7 Å². The van der Waals surface area contributed by atoms with Crippen LogP contribution in [-0.4, -0.2) is 41.1 Å². The standard InChI is InChI=1S/C10H12N2O2S/c1-14-9-6-8(2-3-11-9)10(13)12-4-5-15-7-12/h2-3,6H,4-5,7H2,1H3. The topological polar surface area (TPSA) is 42.4 Å². The number of pyridine rings is 1. The first-order valence-corrected chi connectivity index (χ1v) is 5.84. The highest BCUT2D eigenvalue weighted by Crippen LogP contribution is 2.17. The van der Waals surface area contributed by atoms with Gasteiger partial charge in [-0.15, -0.1) is 11.8 Å². The van der Waals surface area contributed by atoms with Gasteiger partial charge in [0.25, 0.3) is 5.91 Å². The Morgan fingerprint density at radius 2 is 2.53 bits per heavy atom. The maximum atomic E-state index is 11.9. The highest BCUT2D eigenvalue weighted by atomic mass is 32.2. The molecule has 2 rings (SSSR count). The second-order valence-electron chi connectivity index (χ2n) is 3.19. The van der Waals surface area contributed by atoms with Gasteiger partial charge in [0, 0.05) is 30.1 Å². The lowest BCUT2D eigenvalue weighted by Crippen LogP contribution is -2.27. The molecule has 4 nitrogen and oxygen atoms in total. The van der Waals surface area contributed by atoms with Crippen LogP contribution in [0.25, 0.3) is 0 Å². The minimum atomic E-state index is 0.0562. The second kappa shape index (κ2) is 4.53. The minimum Gasteiger partial charge on any atom is -0.481 e. The van der Waals surface area contributed by atoms with E-state index < -0.39 is 0 Å². The molecule has 5 heteroatoms. The molecule has 0 radical (unpaired) electrons. The number of amides is 1. The predicted octanol–water partition coefficient (Wildman–Crippen LogP) is 1.24. The fourth-order valence-electron chi connectivity index (χ4n) is 1.41. The van der Waals surface area contributed by atoms with Gasteiger partial charge in [-0.05, 0) is 6.07 Å². The molecule has 1 amide bonds. The number of carbonyl (C=O) groups is 1. The van der Waals surface area contributed by atoms with E-state index >= 15 is 0 Å². The molecule has 1 aliphatic rings. The normalized spacial score (nSPS) is 15.4. The highest BCUT2D eigenvalue weighted by molar-refractivity contribution is 7.99. The van der Waals surface area contributed by atoms with Gasteiger partial charge in [0.2, 0.25) is 5.88 Å². The molecular weight excluding hydrogens is 212 g/mol. The minimum absolute atomic E-state index is 0.0562. The van der Waals surface area contributed by atoms with E-state index in [0.717, 1.165) is 18.2 Å². The van der Waals surface area contributed by atoms with E-state index in [2.05, 4.69) is 4.98 Å². The lowest BCUT2D eigenvalue weighted by molar-refractivity contribution is 0.0802. The number of nitrogens with zero attached hydrogens (tertiary/aromatic N) is 2. The Bertz CT molecular complexity index is 364. The van der Waals surface area contributed by atoms with Crippen LogP contribution in [0, 0.1) is 0 Å². The van der Waals surface area contributed by atoms with E-state index in [0.29, 0.717) is 11.4 Å². The van der Waals surface area contributed by atoms with Gasteiger partial charge >= 0.3 is 0 Å². The number of carbonyl (C=O) groups excluding carboxylic acids is 1. The van der Waals surface area contributed by atoms with Crippen molar-refractivity contribution in [2.45, 2.75) is 0 Å². The number of ether oxygens (including phenoxy) is 1. The third kappa shape index (κ3) is 2.23. The molecule has 0 saturated carbocycles. The Morgan fingerprint density at radius 1 is 1.67 bits per heavy atom. The van der Waals surface area contributed by atoms with Gasteiger partial charge in [-0.25, -0.2) is 4.98 Å². The molecule has 1 saturated heterocycles. The molecule has 15 heavy (non-hydrogen) atoms. The zero-order valence-electron chi connectivity index (χ0n) is 8.47. The Morgan fingerprint density at radius 3 is 3.20 bits per heavy atom. The first-order chi connectivity index (χ1) is 7.31. The number of hydrogen-bond donors (Lipinski definition) is 0. The fourth-order valence-corrected chi connectivity index (χ4v) is 2.36. The third-order valence-electron chi connectivity index (χ3n) is 2.23. The molecule has 1 aromatic rings. The van der Waals surface area contributed by atoms with Crippen LogP contribution in [0.15, 0.2) is 18.3 Å². The molecule has 0 unspecified atom stereocenters. The van der Waals surface area contributed by atoms with Crippen molar-refractivity contribution in [3.63, 3.8) is 0 Å². The number of hydrogen-bond acceptors (Lipinski definition) is 4. The van der Waals surface area contributed by atoms with Gasteiger partial charge in [0.05, 0.1) is 13.0 Å². The van der Waals surface area contributed by atoms with Gasteiger partial charge < -0.3 is 9.64 Å². The van der Waals surface area contributed by atoms with Crippen LogP contribution in [0.3, 0.4) is 0 Å². The van der Waals surface area contributed by atoms with Crippen molar-refractivity contribution in [2.24, 2.45) is 0 Å². The van der Waals surface area contributed by atoms with Crippen LogP contribution >= 0.6 is 11.8 Å². The van der Waals surface area contributed by atoms with Gasteiger partial charge in [0.15, 0.2) is 0 Å². The van der Waals surface area contributed by atoms with Gasteiger partial charge in [-0.2, -0.15) is 0 Å². The summed E-state index contributed by atoms with van der Waals surface area (Å²) in [5.74, 6) is 2.34. The highest BCUT2D eigenvalue weighted by Gasteiger charge is 2.20. The van der Waals surface area contributed by atoms with Crippen LogP contribution < -0.4 is 4.74 Å². The summed E-state index contributed by atoms with van der Waals surface area (Å²) in [5.41, 5.74) is 0.643. The van der Waals surface area contributed by atoms with Gasteiger partial charge in [0.1, 0.15) is 0 Å². The maximum Gasteiger partial charge on any atom is 0.254 e. The van der Waals surface area contributed by atoms with Gasteiger partial charge in [-0.3, -0.25) is 4.79 Å². The van der Waals surface area contributed by atoms with Gasteiger partial charge in [-0.1, -0.05) is 0 Å². The molecule has 0 atom stereocenters. The zero-order chi connectivity index (χ0) is 10.7. The quantitative estimate of drug-likeness (QED) is 0.758. The van der Waals surface area contributed by atoms with Crippen molar-refractivity contribution < 1.29 is 9.53 Å². The van der Waals surface area contributed by atoms with E-state index in [1.54, 1.807) is 37.2 Å². The zero-order valence-corrected chi connectivity index (χ0v) is 9.29. The summed E-state index contributed by atoms with van der Waals surface area (Å²) >= 11 is 1.77. The lowest BCUT2D eigenvalue weighted by atomic mass is 10.2. The fraction of sp³-hybridized carbons (Fsp3) is 0.400. The Kier molecular flexibility index (Phi) is 3.11. The van der Waals surface area contributed by atoms with E-state index in [1.807, 2.05) is 4.90 Å². The molecular formula is C10H12N2O2S. The first kappa shape index (κ1) is 10.3. The average Bonchev–Trinajstić information content (AvgIpc) is 2.81. The second-order valence-corrected chi connectivity index (χ2v) is 4.27. The summed E-state index contributed by atoms with van der Waals surface area (Å²) in [6.07, 6.45) is 1.59.